The summed E-state index contributed by atoms with van der Waals surface area (Å²) in [6, 6.07) is 3.82. The lowest BCUT2D eigenvalue weighted by molar-refractivity contribution is -0.274. The number of hydrogen-bond donors (Lipinski definition) is 1. The second-order valence-electron chi connectivity index (χ2n) is 4.02. The van der Waals surface area contributed by atoms with E-state index in [0.717, 1.165) is 6.07 Å². The molecule has 0 amide bonds. The summed E-state index contributed by atoms with van der Waals surface area (Å²) in [5.74, 6) is -2.05. The number of aliphatic carboxylic acids is 1. The highest BCUT2D eigenvalue weighted by Gasteiger charge is 2.44. The van der Waals surface area contributed by atoms with Crippen LogP contribution in [0.5, 0.6) is 5.75 Å². The van der Waals surface area contributed by atoms with E-state index >= 15 is 0 Å². The van der Waals surface area contributed by atoms with E-state index in [-0.39, 0.29) is 10.9 Å². The summed E-state index contributed by atoms with van der Waals surface area (Å²) in [5, 5.41) is 8.58. The molecule has 0 radical (unpaired) electrons. The molecule has 0 aromatic heterocycles. The van der Waals surface area contributed by atoms with Crippen LogP contribution in [0, 0.1) is 5.92 Å². The van der Waals surface area contributed by atoms with Gasteiger partial charge in [-0.2, -0.15) is 0 Å². The molecule has 18 heavy (non-hydrogen) atoms. The maximum atomic E-state index is 12.0. The quantitative estimate of drug-likeness (QED) is 0.923. The molecule has 1 fully saturated rings. The van der Waals surface area contributed by atoms with Crippen LogP contribution in [-0.4, -0.2) is 17.4 Å². The fourth-order valence-corrected chi connectivity index (χ4v) is 2.02. The van der Waals surface area contributed by atoms with Crippen molar-refractivity contribution in [1.29, 1.82) is 0 Å². The van der Waals surface area contributed by atoms with E-state index in [4.69, 9.17) is 16.7 Å². The highest BCUT2D eigenvalue weighted by Crippen LogP contribution is 2.48. The molecule has 0 spiro atoms. The van der Waals surface area contributed by atoms with E-state index in [1.165, 1.54) is 12.1 Å². The second kappa shape index (κ2) is 4.35. The minimum Gasteiger partial charge on any atom is -0.481 e. The first-order valence-electron chi connectivity index (χ1n) is 5.06. The lowest BCUT2D eigenvalue weighted by Gasteiger charge is -2.11. The Balaban J connectivity index is 2.14. The largest absolute Gasteiger partial charge is 0.573 e. The van der Waals surface area contributed by atoms with Gasteiger partial charge in [0.15, 0.2) is 0 Å². The van der Waals surface area contributed by atoms with Gasteiger partial charge in [-0.25, -0.2) is 0 Å². The Morgan fingerprint density at radius 1 is 1.44 bits per heavy atom. The first kappa shape index (κ1) is 13.0. The van der Waals surface area contributed by atoms with Crippen molar-refractivity contribution in [2.75, 3.05) is 0 Å². The minimum absolute atomic E-state index is 0.180. The Morgan fingerprint density at radius 3 is 2.56 bits per heavy atom. The molecule has 0 unspecified atom stereocenters. The fourth-order valence-electron chi connectivity index (χ4n) is 1.79. The van der Waals surface area contributed by atoms with Crippen LogP contribution in [0.3, 0.4) is 0 Å². The number of rotatable bonds is 3. The van der Waals surface area contributed by atoms with Crippen molar-refractivity contribution in [2.45, 2.75) is 18.7 Å². The van der Waals surface area contributed by atoms with Crippen molar-refractivity contribution in [3.8, 4) is 5.75 Å². The Hall–Kier alpha value is -1.43. The highest BCUT2D eigenvalue weighted by atomic mass is 35.5. The number of carbonyl (C=O) groups is 1. The van der Waals surface area contributed by atoms with E-state index in [1.54, 1.807) is 0 Å². The normalized spacial score (nSPS) is 22.7. The van der Waals surface area contributed by atoms with Gasteiger partial charge in [-0.15, -0.1) is 13.2 Å². The molecule has 0 bridgehead atoms. The van der Waals surface area contributed by atoms with Crippen molar-refractivity contribution in [2.24, 2.45) is 5.92 Å². The maximum Gasteiger partial charge on any atom is 0.573 e. The van der Waals surface area contributed by atoms with Crippen LogP contribution < -0.4 is 4.74 Å². The molecule has 1 aromatic rings. The van der Waals surface area contributed by atoms with E-state index in [2.05, 4.69) is 4.74 Å². The monoisotopic (exact) mass is 280 g/mol. The zero-order valence-corrected chi connectivity index (χ0v) is 9.63. The maximum absolute atomic E-state index is 12.0. The van der Waals surface area contributed by atoms with Gasteiger partial charge in [-0.05, 0) is 30.0 Å². The van der Waals surface area contributed by atoms with Gasteiger partial charge in [0.2, 0.25) is 0 Å². The third-order valence-corrected chi connectivity index (χ3v) is 3.01. The number of carboxylic acids is 1. The summed E-state index contributed by atoms with van der Waals surface area (Å²) in [4.78, 5) is 10.7. The number of ether oxygens (including phenoxy) is 1. The molecular weight excluding hydrogens is 273 g/mol. The number of hydrogen-bond acceptors (Lipinski definition) is 2. The van der Waals surface area contributed by atoms with E-state index in [1.807, 2.05) is 0 Å². The lowest BCUT2D eigenvalue weighted by atomic mass is 10.1. The summed E-state index contributed by atoms with van der Waals surface area (Å²) in [6.07, 6.45) is -4.32. The molecule has 0 saturated heterocycles. The molecule has 1 aromatic carbocycles. The van der Waals surface area contributed by atoms with Crippen LogP contribution in [0.2, 0.25) is 5.02 Å². The SMILES string of the molecule is O=C(O)[C@@H]1C[C@H]1c1ccc(OC(F)(F)F)c(Cl)c1. The fraction of sp³-hybridized carbons (Fsp3) is 0.364. The summed E-state index contributed by atoms with van der Waals surface area (Å²) in [7, 11) is 0. The molecular formula is C11H8ClF3O3. The molecule has 1 N–H and O–H groups in total. The Bertz CT molecular complexity index is 487. The van der Waals surface area contributed by atoms with Gasteiger partial charge in [0, 0.05) is 0 Å². The average molecular weight is 281 g/mol. The predicted molar refractivity (Wildman–Crippen MR) is 56.6 cm³/mol. The van der Waals surface area contributed by atoms with Crippen molar-refractivity contribution < 1.29 is 27.8 Å². The molecule has 3 nitrogen and oxygen atoms in total. The van der Waals surface area contributed by atoms with Crippen LogP contribution >= 0.6 is 11.6 Å². The van der Waals surface area contributed by atoms with Crippen molar-refractivity contribution in [1.82, 2.24) is 0 Å². The Morgan fingerprint density at radius 2 is 2.11 bits per heavy atom. The molecule has 2 rings (SSSR count). The van der Waals surface area contributed by atoms with E-state index in [0.29, 0.717) is 12.0 Å². The van der Waals surface area contributed by atoms with E-state index in [9.17, 15) is 18.0 Å². The Labute approximate surface area is 105 Å². The van der Waals surface area contributed by atoms with Gasteiger partial charge < -0.3 is 9.84 Å². The van der Waals surface area contributed by atoms with Gasteiger partial charge in [-0.1, -0.05) is 17.7 Å². The Kier molecular flexibility index (Phi) is 3.14. The van der Waals surface area contributed by atoms with Crippen LogP contribution in [0.4, 0.5) is 13.2 Å². The van der Waals surface area contributed by atoms with Crippen LogP contribution in [-0.2, 0) is 4.79 Å². The molecule has 7 heteroatoms. The highest BCUT2D eigenvalue weighted by molar-refractivity contribution is 6.32. The average Bonchev–Trinajstić information content (AvgIpc) is 2.98. The zero-order chi connectivity index (χ0) is 13.5. The zero-order valence-electron chi connectivity index (χ0n) is 8.87. The first-order valence-corrected chi connectivity index (χ1v) is 5.44. The van der Waals surface area contributed by atoms with Gasteiger partial charge in [0.25, 0.3) is 0 Å². The standard InChI is InChI=1S/C11H8ClF3O3/c12-8-3-5(6-4-7(6)10(16)17)1-2-9(8)18-11(13,14)15/h1-3,6-7H,4H2,(H,16,17)/t6-,7+/m0/s1. The summed E-state index contributed by atoms with van der Waals surface area (Å²) >= 11 is 5.66. The van der Waals surface area contributed by atoms with Crippen LogP contribution in [0.25, 0.3) is 0 Å². The molecule has 1 aliphatic rings. The number of benzene rings is 1. The van der Waals surface area contributed by atoms with Crippen LogP contribution in [0.1, 0.15) is 17.9 Å². The molecule has 0 aliphatic heterocycles. The molecule has 1 saturated carbocycles. The first-order chi connectivity index (χ1) is 8.28. The van der Waals surface area contributed by atoms with Gasteiger partial charge in [0.05, 0.1) is 10.9 Å². The second-order valence-corrected chi connectivity index (χ2v) is 4.43. The molecule has 98 valence electrons. The summed E-state index contributed by atoms with van der Waals surface area (Å²) < 4.78 is 39.7. The van der Waals surface area contributed by atoms with E-state index < -0.39 is 24.0 Å². The lowest BCUT2D eigenvalue weighted by Crippen LogP contribution is -2.17. The number of halogens is 4. The molecule has 1 aliphatic carbocycles. The smallest absolute Gasteiger partial charge is 0.481 e. The van der Waals surface area contributed by atoms with Gasteiger partial charge in [0.1, 0.15) is 5.75 Å². The van der Waals surface area contributed by atoms with Crippen molar-refractivity contribution in [3.63, 3.8) is 0 Å². The molecule has 2 atom stereocenters. The third kappa shape index (κ3) is 2.87. The van der Waals surface area contributed by atoms with Crippen LogP contribution in [0.15, 0.2) is 18.2 Å². The summed E-state index contributed by atoms with van der Waals surface area (Å²) in [6.45, 7) is 0. The number of alkyl halides is 3. The van der Waals surface area contributed by atoms with Crippen molar-refractivity contribution >= 4 is 17.6 Å². The van der Waals surface area contributed by atoms with Gasteiger partial charge >= 0.3 is 12.3 Å². The minimum atomic E-state index is -4.80. The third-order valence-electron chi connectivity index (χ3n) is 2.72. The number of carboxylic acid groups (broad SMARTS) is 1. The topological polar surface area (TPSA) is 46.5 Å². The van der Waals surface area contributed by atoms with Crippen molar-refractivity contribution in [3.05, 3.63) is 28.8 Å². The summed E-state index contributed by atoms with van der Waals surface area (Å²) in [5.41, 5.74) is 0.613. The predicted octanol–water partition coefficient (Wildman–Crippen LogP) is 3.43. The molecule has 0 heterocycles. The van der Waals surface area contributed by atoms with Gasteiger partial charge in [-0.3, -0.25) is 4.79 Å².